The molecule has 0 amide bonds. The van der Waals surface area contributed by atoms with Crippen molar-refractivity contribution in [3.8, 4) is 17.6 Å². The Morgan fingerprint density at radius 3 is 2.56 bits per heavy atom. The average molecular weight is 706 g/mol. The second-order valence-corrected chi connectivity index (χ2v) is 11.7. The highest BCUT2D eigenvalue weighted by Gasteiger charge is 2.33. The number of carbonyl (C=O) groups is 1. The minimum absolute atomic E-state index is 0.208. The van der Waals surface area contributed by atoms with Crippen molar-refractivity contribution in [3.05, 3.63) is 124 Å². The first-order valence-corrected chi connectivity index (χ1v) is 15.5. The van der Waals surface area contributed by atoms with Crippen LogP contribution in [0.25, 0.3) is 6.08 Å². The van der Waals surface area contributed by atoms with Crippen LogP contribution in [0, 0.1) is 14.9 Å². The van der Waals surface area contributed by atoms with Crippen molar-refractivity contribution >= 4 is 46.0 Å². The van der Waals surface area contributed by atoms with E-state index in [1.165, 1.54) is 18.4 Å². The summed E-state index contributed by atoms with van der Waals surface area (Å²) in [7, 11) is 1.34. The Morgan fingerprint density at radius 2 is 1.86 bits per heavy atom. The van der Waals surface area contributed by atoms with E-state index in [0.717, 1.165) is 20.3 Å². The van der Waals surface area contributed by atoms with Crippen LogP contribution < -0.4 is 24.4 Å². The van der Waals surface area contributed by atoms with Crippen LogP contribution in [0.3, 0.4) is 0 Å². The third-order valence-electron chi connectivity index (χ3n) is 6.90. The maximum absolute atomic E-state index is 14.0. The van der Waals surface area contributed by atoms with Crippen LogP contribution in [0.2, 0.25) is 0 Å². The molecule has 3 aromatic carbocycles. The topological polar surface area (TPSA) is 103 Å². The molecule has 1 aliphatic rings. The van der Waals surface area contributed by atoms with E-state index in [4.69, 9.17) is 19.2 Å². The fourth-order valence-corrected chi connectivity index (χ4v) is 6.75. The molecule has 0 radical (unpaired) electrons. The lowest BCUT2D eigenvalue weighted by Crippen LogP contribution is -2.40. The van der Waals surface area contributed by atoms with E-state index in [0.29, 0.717) is 50.7 Å². The number of carbonyl (C=O) groups excluding carboxylic acids is 1. The first-order chi connectivity index (χ1) is 20.9. The second-order valence-electron chi connectivity index (χ2n) is 9.52. The van der Waals surface area contributed by atoms with Gasteiger partial charge < -0.3 is 14.2 Å². The fraction of sp³-hybridized carbons (Fsp3) is 0.212. The van der Waals surface area contributed by atoms with E-state index in [2.05, 4.69) is 28.7 Å². The van der Waals surface area contributed by atoms with Crippen LogP contribution in [-0.4, -0.2) is 24.3 Å². The van der Waals surface area contributed by atoms with E-state index in [1.54, 1.807) is 16.7 Å². The lowest BCUT2D eigenvalue weighted by atomic mass is 9.95. The van der Waals surface area contributed by atoms with Gasteiger partial charge in [-0.2, -0.15) is 5.26 Å². The standard InChI is InChI=1S/C33H28IN3O5S/c1-4-25-28(32(39)40-3)29(21-11-7-6-8-12-21)37-31(38)27(43-33(37)36-25)17-20-15-24(34)30(26(16-20)41-5-2)42-19-23-14-10-9-13-22(23)18-35/h6-17,29H,4-5,19H2,1-3H3/b27-17-/t29-/m0/s1. The number of esters is 1. The lowest BCUT2D eigenvalue weighted by molar-refractivity contribution is -0.136. The maximum Gasteiger partial charge on any atom is 0.338 e. The van der Waals surface area contributed by atoms with Gasteiger partial charge >= 0.3 is 5.97 Å². The minimum Gasteiger partial charge on any atom is -0.490 e. The molecule has 5 rings (SSSR count). The van der Waals surface area contributed by atoms with Crippen molar-refractivity contribution in [2.75, 3.05) is 13.7 Å². The molecule has 8 nitrogen and oxygen atoms in total. The van der Waals surface area contributed by atoms with Crippen LogP contribution in [0.4, 0.5) is 0 Å². The summed E-state index contributed by atoms with van der Waals surface area (Å²) in [5.74, 6) is 0.590. The fourth-order valence-electron chi connectivity index (χ4n) is 4.95. The van der Waals surface area contributed by atoms with Crippen molar-refractivity contribution in [1.82, 2.24) is 4.57 Å². The number of allylic oxidation sites excluding steroid dienone is 1. The largest absolute Gasteiger partial charge is 0.490 e. The summed E-state index contributed by atoms with van der Waals surface area (Å²) >= 11 is 3.46. The molecule has 2 heterocycles. The Balaban J connectivity index is 1.60. The van der Waals surface area contributed by atoms with Crippen LogP contribution in [0.5, 0.6) is 11.5 Å². The Morgan fingerprint density at radius 1 is 1.12 bits per heavy atom. The molecule has 0 saturated carbocycles. The van der Waals surface area contributed by atoms with Gasteiger partial charge in [0.25, 0.3) is 5.56 Å². The molecule has 0 unspecified atom stereocenters. The summed E-state index contributed by atoms with van der Waals surface area (Å²) in [5.41, 5.74) is 3.59. The summed E-state index contributed by atoms with van der Waals surface area (Å²) < 4.78 is 20.1. The van der Waals surface area contributed by atoms with Gasteiger partial charge in [0.15, 0.2) is 16.3 Å². The Bertz CT molecular complexity index is 1940. The number of benzene rings is 3. The van der Waals surface area contributed by atoms with E-state index in [1.807, 2.05) is 74.5 Å². The van der Waals surface area contributed by atoms with Crippen LogP contribution in [-0.2, 0) is 16.1 Å². The zero-order chi connectivity index (χ0) is 30.5. The highest BCUT2D eigenvalue weighted by atomic mass is 127. The van der Waals surface area contributed by atoms with Crippen molar-refractivity contribution in [3.63, 3.8) is 0 Å². The van der Waals surface area contributed by atoms with Gasteiger partial charge in [-0.25, -0.2) is 9.79 Å². The van der Waals surface area contributed by atoms with Gasteiger partial charge in [0.2, 0.25) is 0 Å². The van der Waals surface area contributed by atoms with Gasteiger partial charge in [-0.3, -0.25) is 9.36 Å². The molecular formula is C33H28IN3O5S. The number of methoxy groups -OCH3 is 1. The van der Waals surface area contributed by atoms with Gasteiger partial charge in [-0.1, -0.05) is 66.8 Å². The van der Waals surface area contributed by atoms with Gasteiger partial charge in [-0.15, -0.1) is 0 Å². The molecule has 10 heteroatoms. The first kappa shape index (κ1) is 30.3. The average Bonchev–Trinajstić information content (AvgIpc) is 3.33. The quantitative estimate of drug-likeness (QED) is 0.174. The zero-order valence-electron chi connectivity index (χ0n) is 23.8. The molecule has 43 heavy (non-hydrogen) atoms. The van der Waals surface area contributed by atoms with Crippen molar-refractivity contribution < 1.29 is 19.0 Å². The smallest absolute Gasteiger partial charge is 0.338 e. The number of fused-ring (bicyclic) bond motifs is 1. The molecule has 1 aromatic heterocycles. The van der Waals surface area contributed by atoms with Gasteiger partial charge in [0, 0.05) is 5.56 Å². The van der Waals surface area contributed by atoms with Crippen LogP contribution in [0.1, 0.15) is 48.6 Å². The number of nitrogens with zero attached hydrogens (tertiary/aromatic N) is 3. The highest BCUT2D eigenvalue weighted by molar-refractivity contribution is 14.1. The third kappa shape index (κ3) is 6.14. The molecule has 218 valence electrons. The molecular weight excluding hydrogens is 677 g/mol. The number of ether oxygens (including phenoxy) is 3. The maximum atomic E-state index is 14.0. The normalized spacial score (nSPS) is 14.5. The summed E-state index contributed by atoms with van der Waals surface area (Å²) in [6.45, 7) is 4.44. The second kappa shape index (κ2) is 13.4. The predicted octanol–water partition coefficient (Wildman–Crippen LogP) is 5.25. The molecule has 1 atom stereocenters. The Labute approximate surface area is 266 Å². The van der Waals surface area contributed by atoms with E-state index < -0.39 is 12.0 Å². The van der Waals surface area contributed by atoms with Crippen molar-refractivity contribution in [2.45, 2.75) is 32.9 Å². The number of nitriles is 1. The molecule has 0 saturated heterocycles. The number of hydrogen-bond acceptors (Lipinski definition) is 8. The molecule has 1 aliphatic heterocycles. The number of aromatic nitrogens is 1. The Hall–Kier alpha value is -4.21. The van der Waals surface area contributed by atoms with Crippen molar-refractivity contribution in [2.24, 2.45) is 4.99 Å². The van der Waals surface area contributed by atoms with E-state index in [-0.39, 0.29) is 12.2 Å². The number of rotatable bonds is 9. The predicted molar refractivity (Wildman–Crippen MR) is 173 cm³/mol. The third-order valence-corrected chi connectivity index (χ3v) is 8.69. The van der Waals surface area contributed by atoms with E-state index in [9.17, 15) is 14.9 Å². The molecule has 4 aromatic rings. The summed E-state index contributed by atoms with van der Waals surface area (Å²) in [6, 6.07) is 22.0. The number of halogens is 1. The summed E-state index contributed by atoms with van der Waals surface area (Å²) in [6.07, 6.45) is 2.31. The number of hydrogen-bond donors (Lipinski definition) is 0. The van der Waals surface area contributed by atoms with E-state index >= 15 is 0 Å². The Kier molecular flexibility index (Phi) is 9.43. The van der Waals surface area contributed by atoms with Crippen LogP contribution in [0.15, 0.2) is 87.8 Å². The first-order valence-electron chi connectivity index (χ1n) is 13.6. The minimum atomic E-state index is -0.659. The molecule has 0 spiro atoms. The molecule has 0 bridgehead atoms. The number of thiazole rings is 1. The highest BCUT2D eigenvalue weighted by Crippen LogP contribution is 2.36. The van der Waals surface area contributed by atoms with Crippen LogP contribution >= 0.6 is 33.9 Å². The zero-order valence-corrected chi connectivity index (χ0v) is 26.8. The van der Waals surface area contributed by atoms with Gasteiger partial charge in [0.05, 0.1) is 50.8 Å². The van der Waals surface area contributed by atoms with Gasteiger partial charge in [-0.05, 0) is 71.3 Å². The molecule has 0 N–H and O–H groups in total. The lowest BCUT2D eigenvalue weighted by Gasteiger charge is -2.25. The summed E-state index contributed by atoms with van der Waals surface area (Å²) in [4.78, 5) is 32.2. The SMILES string of the molecule is CCOc1cc(/C=c2\sc3n(c2=O)[C@@H](c2ccccc2)C(C(=O)OC)=C(CC)N=3)cc(I)c1OCc1ccccc1C#N. The molecule has 0 fully saturated rings. The summed E-state index contributed by atoms with van der Waals surface area (Å²) in [5, 5.41) is 9.44. The monoisotopic (exact) mass is 705 g/mol. The molecule has 0 aliphatic carbocycles. The van der Waals surface area contributed by atoms with Gasteiger partial charge in [0.1, 0.15) is 6.61 Å². The van der Waals surface area contributed by atoms with Crippen molar-refractivity contribution in [1.29, 1.82) is 5.26 Å².